The molecule has 1 aromatic heterocycles. The lowest BCUT2D eigenvalue weighted by atomic mass is 9.68. The standard InChI is InChI=1S/C27H23ClN2O5S3/c1-34-15-7-10(8-16(35-2)21(15)31)17-18-13-9-14(22(18)37-24-23(17)38-27(36)29-24)20-19(13)25(32)30(26(20)33)12-5-3-11(28)4-6-12/h3-8,13-14,17-20,22,31H,9H2,1-2H3,(H,29,36). The number of carbonyl (C=O) groups is 2. The molecule has 2 bridgehead atoms. The van der Waals surface area contributed by atoms with Gasteiger partial charge in [0.05, 0.1) is 36.8 Å². The van der Waals surface area contributed by atoms with E-state index in [1.807, 2.05) is 12.1 Å². The maximum absolute atomic E-state index is 13.9. The van der Waals surface area contributed by atoms with Crippen LogP contribution in [0.3, 0.4) is 0 Å². The SMILES string of the molecule is COc1cc(C2c3sc(=S)[nH]c3SC3C4CC(C5C(=O)N(c6ccc(Cl)cc6)C(=O)C45)C23)cc(OC)c1O. The van der Waals surface area contributed by atoms with Crippen LogP contribution in [-0.2, 0) is 9.59 Å². The van der Waals surface area contributed by atoms with Crippen LogP contribution >= 0.6 is 46.9 Å². The number of phenolic OH excluding ortho intramolecular Hbond substituents is 1. The molecule has 4 aliphatic rings. The van der Waals surface area contributed by atoms with Gasteiger partial charge in [0.15, 0.2) is 15.5 Å². The van der Waals surface area contributed by atoms with Crippen molar-refractivity contribution < 1.29 is 24.2 Å². The number of methoxy groups -OCH3 is 2. The van der Waals surface area contributed by atoms with E-state index in [-0.39, 0.29) is 58.3 Å². The van der Waals surface area contributed by atoms with Gasteiger partial charge in [0, 0.05) is 21.1 Å². The number of thiazole rings is 1. The van der Waals surface area contributed by atoms with Crippen molar-refractivity contribution in [1.29, 1.82) is 0 Å². The molecular weight excluding hydrogens is 564 g/mol. The van der Waals surface area contributed by atoms with Crippen molar-refractivity contribution in [3.8, 4) is 17.2 Å². The van der Waals surface area contributed by atoms with Crippen LogP contribution in [0.4, 0.5) is 5.69 Å². The van der Waals surface area contributed by atoms with Crippen LogP contribution in [0.2, 0.25) is 5.02 Å². The molecule has 7 atom stereocenters. The predicted octanol–water partition coefficient (Wildman–Crippen LogP) is 5.86. The average molecular weight is 587 g/mol. The number of thioether (sulfide) groups is 1. The van der Waals surface area contributed by atoms with E-state index >= 15 is 0 Å². The number of anilines is 1. The Morgan fingerprint density at radius 3 is 2.32 bits per heavy atom. The van der Waals surface area contributed by atoms with Gasteiger partial charge in [0.1, 0.15) is 0 Å². The van der Waals surface area contributed by atoms with Crippen LogP contribution in [0.25, 0.3) is 0 Å². The quantitative estimate of drug-likeness (QED) is 0.292. The van der Waals surface area contributed by atoms with Crippen LogP contribution in [-0.4, -0.2) is 41.4 Å². The number of aromatic amines is 1. The highest BCUT2D eigenvalue weighted by Gasteiger charge is 2.69. The topological polar surface area (TPSA) is 91.9 Å². The summed E-state index contributed by atoms with van der Waals surface area (Å²) in [6, 6.07) is 10.6. The van der Waals surface area contributed by atoms with E-state index in [1.165, 1.54) is 19.1 Å². The zero-order valence-electron chi connectivity index (χ0n) is 20.3. The second-order valence-electron chi connectivity index (χ2n) is 10.2. The molecule has 3 fully saturated rings. The Bertz CT molecular complexity index is 1530. The zero-order chi connectivity index (χ0) is 26.5. The molecule has 2 saturated carbocycles. The van der Waals surface area contributed by atoms with E-state index in [1.54, 1.807) is 47.4 Å². The number of hydrogen-bond acceptors (Lipinski definition) is 8. The van der Waals surface area contributed by atoms with Crippen molar-refractivity contribution >= 4 is 64.4 Å². The second kappa shape index (κ2) is 8.74. The van der Waals surface area contributed by atoms with Gasteiger partial charge in [-0.15, -0.1) is 23.1 Å². The number of imide groups is 1. The minimum Gasteiger partial charge on any atom is -0.502 e. The van der Waals surface area contributed by atoms with Crippen LogP contribution < -0.4 is 14.4 Å². The first-order chi connectivity index (χ1) is 18.3. The molecular formula is C27H23ClN2O5S3. The first kappa shape index (κ1) is 24.5. The lowest BCUT2D eigenvalue weighted by molar-refractivity contribution is -0.123. The third kappa shape index (κ3) is 3.30. The van der Waals surface area contributed by atoms with E-state index in [0.29, 0.717) is 26.2 Å². The van der Waals surface area contributed by atoms with Gasteiger partial charge in [0.2, 0.25) is 17.6 Å². The Morgan fingerprint density at radius 2 is 1.68 bits per heavy atom. The molecule has 1 saturated heterocycles. The Kier molecular flexibility index (Phi) is 5.64. The number of ether oxygens (including phenoxy) is 2. The molecule has 3 aromatic rings. The van der Waals surface area contributed by atoms with E-state index < -0.39 is 0 Å². The van der Waals surface area contributed by atoms with Crippen molar-refractivity contribution in [3.05, 3.63) is 55.8 Å². The highest BCUT2D eigenvalue weighted by molar-refractivity contribution is 8.00. The fourth-order valence-corrected chi connectivity index (χ4v) is 10.8. The molecule has 7 nitrogen and oxygen atoms in total. The maximum atomic E-state index is 13.9. The highest BCUT2D eigenvalue weighted by Crippen LogP contribution is 2.69. The Labute approximate surface area is 237 Å². The molecule has 3 heterocycles. The number of aromatic hydroxyl groups is 1. The first-order valence-electron chi connectivity index (χ1n) is 12.3. The lowest BCUT2D eigenvalue weighted by Crippen LogP contribution is -2.42. The molecule has 7 unspecified atom stereocenters. The summed E-state index contributed by atoms with van der Waals surface area (Å²) in [5.41, 5.74) is 1.51. The maximum Gasteiger partial charge on any atom is 0.238 e. The smallest absolute Gasteiger partial charge is 0.238 e. The van der Waals surface area contributed by atoms with Crippen molar-refractivity contribution in [3.63, 3.8) is 0 Å². The zero-order valence-corrected chi connectivity index (χ0v) is 23.5. The molecule has 2 N–H and O–H groups in total. The molecule has 2 amide bonds. The summed E-state index contributed by atoms with van der Waals surface area (Å²) in [4.78, 5) is 33.4. The molecule has 38 heavy (non-hydrogen) atoms. The lowest BCUT2D eigenvalue weighted by Gasteiger charge is -2.43. The van der Waals surface area contributed by atoms with Gasteiger partial charge in [-0.25, -0.2) is 0 Å². The van der Waals surface area contributed by atoms with Crippen LogP contribution in [0.1, 0.15) is 22.8 Å². The summed E-state index contributed by atoms with van der Waals surface area (Å²) in [5, 5.41) is 12.3. The summed E-state index contributed by atoms with van der Waals surface area (Å²) >= 11 is 14.9. The second-order valence-corrected chi connectivity index (χ2v) is 13.6. The number of hydrogen-bond donors (Lipinski definition) is 2. The van der Waals surface area contributed by atoms with Gasteiger partial charge in [-0.1, -0.05) is 11.6 Å². The minimum absolute atomic E-state index is 0.0378. The number of H-pyrrole nitrogens is 1. The Balaban J connectivity index is 1.34. The van der Waals surface area contributed by atoms with Crippen LogP contribution in [0, 0.1) is 33.5 Å². The van der Waals surface area contributed by atoms with Crippen molar-refractivity contribution in [1.82, 2.24) is 4.98 Å². The van der Waals surface area contributed by atoms with E-state index in [0.717, 1.165) is 21.9 Å². The summed E-state index contributed by atoms with van der Waals surface area (Å²) < 4.78 is 11.7. The van der Waals surface area contributed by atoms with Gasteiger partial charge in [-0.3, -0.25) is 14.5 Å². The van der Waals surface area contributed by atoms with Crippen LogP contribution in [0.15, 0.2) is 41.4 Å². The number of nitrogens with zero attached hydrogens (tertiary/aromatic N) is 1. The third-order valence-corrected chi connectivity index (χ3v) is 11.9. The average Bonchev–Trinajstić information content (AvgIpc) is 3.64. The van der Waals surface area contributed by atoms with Crippen LogP contribution in [0.5, 0.6) is 17.2 Å². The third-order valence-electron chi connectivity index (χ3n) is 8.67. The molecule has 11 heteroatoms. The van der Waals surface area contributed by atoms with Crippen molar-refractivity contribution in [2.24, 2.45) is 29.6 Å². The molecule has 196 valence electrons. The number of halogens is 1. The fourth-order valence-electron chi connectivity index (χ4n) is 7.33. The van der Waals surface area contributed by atoms with Crippen molar-refractivity contribution in [2.75, 3.05) is 19.1 Å². The number of rotatable bonds is 4. The number of benzene rings is 2. The van der Waals surface area contributed by atoms with Crippen molar-refractivity contribution in [2.45, 2.75) is 22.6 Å². The highest BCUT2D eigenvalue weighted by atomic mass is 35.5. The van der Waals surface area contributed by atoms with E-state index in [4.69, 9.17) is 33.3 Å². The Morgan fingerprint density at radius 1 is 1.05 bits per heavy atom. The normalized spacial score (nSPS) is 30.8. The number of aromatic nitrogens is 1. The molecule has 0 spiro atoms. The van der Waals surface area contributed by atoms with Gasteiger partial charge in [0.25, 0.3) is 0 Å². The van der Waals surface area contributed by atoms with Gasteiger partial charge < -0.3 is 19.6 Å². The number of phenols is 1. The predicted molar refractivity (Wildman–Crippen MR) is 148 cm³/mol. The van der Waals surface area contributed by atoms with E-state index in [9.17, 15) is 14.7 Å². The Hall–Kier alpha value is -2.53. The number of amides is 2. The summed E-state index contributed by atoms with van der Waals surface area (Å²) in [6.07, 6.45) is 0.835. The monoisotopic (exact) mass is 586 g/mol. The summed E-state index contributed by atoms with van der Waals surface area (Å²) in [6.45, 7) is 0. The van der Waals surface area contributed by atoms with Gasteiger partial charge >= 0.3 is 0 Å². The largest absolute Gasteiger partial charge is 0.502 e. The molecule has 0 radical (unpaired) electrons. The number of nitrogens with one attached hydrogen (secondary N) is 1. The molecule has 7 rings (SSSR count). The first-order valence-corrected chi connectivity index (χ1v) is 14.8. The number of fused-ring (bicyclic) bond motifs is 9. The van der Waals surface area contributed by atoms with E-state index in [2.05, 4.69) is 4.98 Å². The van der Waals surface area contributed by atoms with Gasteiger partial charge in [-0.2, -0.15) is 0 Å². The molecule has 2 aliphatic heterocycles. The molecule has 2 aromatic carbocycles. The number of carbonyl (C=O) groups excluding carboxylic acids is 2. The summed E-state index contributed by atoms with van der Waals surface area (Å²) in [7, 11) is 3.03. The minimum atomic E-state index is -0.359. The summed E-state index contributed by atoms with van der Waals surface area (Å²) in [5.74, 6) is -0.163. The molecule has 2 aliphatic carbocycles. The van der Waals surface area contributed by atoms with Gasteiger partial charge in [-0.05, 0) is 78.4 Å². The fraction of sp³-hybridized carbons (Fsp3) is 0.370.